The van der Waals surface area contributed by atoms with Crippen molar-refractivity contribution in [1.29, 1.82) is 0 Å². The van der Waals surface area contributed by atoms with Crippen LogP contribution < -0.4 is 21.5 Å². The lowest BCUT2D eigenvalue weighted by atomic mass is 9.82. The SMILES string of the molecule is O=C(NC(=S)NC1CCCC2NNCC21)c1ccccc1. The maximum Gasteiger partial charge on any atom is 0.257 e. The van der Waals surface area contributed by atoms with Gasteiger partial charge < -0.3 is 5.32 Å². The standard InChI is InChI=1S/C15H20N4OS/c20-14(10-5-2-1-3-6-10)18-15(21)17-12-7-4-8-13-11(12)9-16-19-13/h1-3,5-6,11-13,16,19H,4,7-9H2,(H2,17,18,20,21). The number of rotatable bonds is 2. The van der Waals surface area contributed by atoms with Gasteiger partial charge in [-0.05, 0) is 43.6 Å². The molecular weight excluding hydrogens is 284 g/mol. The minimum atomic E-state index is -0.164. The number of carbonyl (C=O) groups is 1. The van der Waals surface area contributed by atoms with Gasteiger partial charge in [0.05, 0.1) is 0 Å². The summed E-state index contributed by atoms with van der Waals surface area (Å²) >= 11 is 5.29. The first kappa shape index (κ1) is 14.4. The van der Waals surface area contributed by atoms with Crippen molar-refractivity contribution in [1.82, 2.24) is 21.5 Å². The molecule has 4 N–H and O–H groups in total. The van der Waals surface area contributed by atoms with E-state index in [4.69, 9.17) is 12.2 Å². The van der Waals surface area contributed by atoms with E-state index < -0.39 is 0 Å². The molecule has 0 aromatic heterocycles. The molecule has 5 nitrogen and oxygen atoms in total. The average Bonchev–Trinajstić information content (AvgIpc) is 2.97. The normalized spacial score (nSPS) is 27.7. The summed E-state index contributed by atoms with van der Waals surface area (Å²) in [5.41, 5.74) is 7.14. The molecular formula is C15H20N4OS. The number of benzene rings is 1. The molecule has 2 fully saturated rings. The number of fused-ring (bicyclic) bond motifs is 1. The van der Waals surface area contributed by atoms with Crippen LogP contribution in [-0.2, 0) is 0 Å². The molecule has 3 unspecified atom stereocenters. The van der Waals surface area contributed by atoms with Crippen molar-refractivity contribution in [2.24, 2.45) is 5.92 Å². The number of thiocarbonyl (C=S) groups is 1. The van der Waals surface area contributed by atoms with Crippen LogP contribution in [0.4, 0.5) is 0 Å². The highest BCUT2D eigenvalue weighted by atomic mass is 32.1. The third-order valence-electron chi connectivity index (χ3n) is 4.27. The van der Waals surface area contributed by atoms with E-state index >= 15 is 0 Å². The number of nitrogens with one attached hydrogen (secondary N) is 4. The van der Waals surface area contributed by atoms with Gasteiger partial charge in [-0.1, -0.05) is 18.2 Å². The number of carbonyl (C=O) groups excluding carboxylic acids is 1. The molecule has 112 valence electrons. The van der Waals surface area contributed by atoms with Gasteiger partial charge >= 0.3 is 0 Å². The smallest absolute Gasteiger partial charge is 0.257 e. The van der Waals surface area contributed by atoms with Gasteiger partial charge in [-0.3, -0.25) is 21.0 Å². The summed E-state index contributed by atoms with van der Waals surface area (Å²) in [5.74, 6) is 0.355. The summed E-state index contributed by atoms with van der Waals surface area (Å²) in [6.45, 7) is 0.942. The van der Waals surface area contributed by atoms with E-state index in [-0.39, 0.29) is 5.91 Å². The lowest BCUT2D eigenvalue weighted by Gasteiger charge is -2.33. The van der Waals surface area contributed by atoms with Crippen LogP contribution in [0.3, 0.4) is 0 Å². The molecule has 0 spiro atoms. The number of amides is 1. The predicted octanol–water partition coefficient (Wildman–Crippen LogP) is 0.936. The minimum absolute atomic E-state index is 0.164. The molecule has 21 heavy (non-hydrogen) atoms. The second kappa shape index (κ2) is 6.51. The lowest BCUT2D eigenvalue weighted by molar-refractivity contribution is 0.0976. The monoisotopic (exact) mass is 304 g/mol. The van der Waals surface area contributed by atoms with Crippen LogP contribution in [0.15, 0.2) is 30.3 Å². The summed E-state index contributed by atoms with van der Waals surface area (Å²) < 4.78 is 0. The Morgan fingerprint density at radius 3 is 2.86 bits per heavy atom. The minimum Gasteiger partial charge on any atom is -0.359 e. The van der Waals surface area contributed by atoms with Crippen molar-refractivity contribution in [2.45, 2.75) is 31.3 Å². The largest absolute Gasteiger partial charge is 0.359 e. The van der Waals surface area contributed by atoms with Gasteiger partial charge in [0, 0.05) is 30.1 Å². The van der Waals surface area contributed by atoms with Crippen LogP contribution in [0.1, 0.15) is 29.6 Å². The zero-order valence-corrected chi connectivity index (χ0v) is 12.6. The molecule has 1 saturated heterocycles. The first-order valence-corrected chi connectivity index (χ1v) is 7.80. The quantitative estimate of drug-likeness (QED) is 0.613. The van der Waals surface area contributed by atoms with Crippen LogP contribution in [0, 0.1) is 5.92 Å². The number of hydrogen-bond acceptors (Lipinski definition) is 4. The van der Waals surface area contributed by atoms with Crippen molar-refractivity contribution in [3.05, 3.63) is 35.9 Å². The van der Waals surface area contributed by atoms with Crippen LogP contribution in [0.5, 0.6) is 0 Å². The molecule has 1 aromatic carbocycles. The molecule has 1 aromatic rings. The Bertz CT molecular complexity index is 522. The van der Waals surface area contributed by atoms with Crippen molar-refractivity contribution in [2.75, 3.05) is 6.54 Å². The molecule has 2 aliphatic rings. The summed E-state index contributed by atoms with van der Waals surface area (Å²) in [6, 6.07) is 9.94. The fourth-order valence-corrected chi connectivity index (χ4v) is 3.43. The van der Waals surface area contributed by atoms with Gasteiger partial charge in [-0.2, -0.15) is 0 Å². The van der Waals surface area contributed by atoms with Gasteiger partial charge in [0.2, 0.25) is 0 Å². The van der Waals surface area contributed by atoms with E-state index in [1.165, 1.54) is 12.8 Å². The van der Waals surface area contributed by atoms with Gasteiger partial charge in [0.25, 0.3) is 5.91 Å². The van der Waals surface area contributed by atoms with Crippen molar-refractivity contribution in [3.63, 3.8) is 0 Å². The van der Waals surface area contributed by atoms with Gasteiger partial charge in [0.15, 0.2) is 5.11 Å². The maximum absolute atomic E-state index is 12.1. The van der Waals surface area contributed by atoms with Crippen LogP contribution in [0.25, 0.3) is 0 Å². The molecule has 1 amide bonds. The molecule has 1 saturated carbocycles. The summed E-state index contributed by atoms with van der Waals surface area (Å²) in [4.78, 5) is 12.1. The fourth-order valence-electron chi connectivity index (χ4n) is 3.19. The van der Waals surface area contributed by atoms with Crippen molar-refractivity contribution >= 4 is 23.2 Å². The van der Waals surface area contributed by atoms with E-state index in [0.717, 1.165) is 13.0 Å². The third-order valence-corrected chi connectivity index (χ3v) is 4.49. The Labute approximate surface area is 129 Å². The van der Waals surface area contributed by atoms with E-state index in [1.54, 1.807) is 12.1 Å². The highest BCUT2D eigenvalue weighted by molar-refractivity contribution is 7.80. The van der Waals surface area contributed by atoms with Gasteiger partial charge in [-0.15, -0.1) is 0 Å². The van der Waals surface area contributed by atoms with Gasteiger partial charge in [0.1, 0.15) is 0 Å². The topological polar surface area (TPSA) is 65.2 Å². The summed E-state index contributed by atoms with van der Waals surface area (Å²) in [7, 11) is 0. The first-order chi connectivity index (χ1) is 10.2. The van der Waals surface area contributed by atoms with Crippen molar-refractivity contribution in [3.8, 4) is 0 Å². The Kier molecular flexibility index (Phi) is 4.48. The predicted molar refractivity (Wildman–Crippen MR) is 85.7 cm³/mol. The summed E-state index contributed by atoms with van der Waals surface area (Å²) in [5, 5.41) is 6.49. The van der Waals surface area contributed by atoms with Crippen LogP contribution >= 0.6 is 12.2 Å². The van der Waals surface area contributed by atoms with Crippen molar-refractivity contribution < 1.29 is 4.79 Å². The number of hydrazine groups is 1. The number of hydrogen-bond donors (Lipinski definition) is 4. The molecule has 3 rings (SSSR count). The second-order valence-electron chi connectivity index (χ2n) is 5.63. The van der Waals surface area contributed by atoms with E-state index in [1.807, 2.05) is 18.2 Å². The van der Waals surface area contributed by atoms with E-state index in [0.29, 0.717) is 28.7 Å². The van der Waals surface area contributed by atoms with Crippen LogP contribution in [-0.4, -0.2) is 29.6 Å². The molecule has 0 radical (unpaired) electrons. The molecule has 1 aliphatic carbocycles. The highest BCUT2D eigenvalue weighted by Gasteiger charge is 2.36. The Morgan fingerprint density at radius 1 is 1.24 bits per heavy atom. The highest BCUT2D eigenvalue weighted by Crippen LogP contribution is 2.26. The Balaban J connectivity index is 1.55. The Hall–Kier alpha value is -1.50. The van der Waals surface area contributed by atoms with E-state index in [2.05, 4.69) is 21.5 Å². The molecule has 1 aliphatic heterocycles. The molecule has 6 heteroatoms. The zero-order chi connectivity index (χ0) is 14.7. The zero-order valence-electron chi connectivity index (χ0n) is 11.8. The fraction of sp³-hybridized carbons (Fsp3) is 0.467. The molecule has 1 heterocycles. The van der Waals surface area contributed by atoms with Gasteiger partial charge in [-0.25, -0.2) is 0 Å². The Morgan fingerprint density at radius 2 is 2.05 bits per heavy atom. The second-order valence-corrected chi connectivity index (χ2v) is 6.03. The first-order valence-electron chi connectivity index (χ1n) is 7.39. The maximum atomic E-state index is 12.1. The van der Waals surface area contributed by atoms with E-state index in [9.17, 15) is 4.79 Å². The molecule has 3 atom stereocenters. The lowest BCUT2D eigenvalue weighted by Crippen LogP contribution is -2.51. The molecule has 0 bridgehead atoms. The van der Waals surface area contributed by atoms with Crippen LogP contribution in [0.2, 0.25) is 0 Å². The average molecular weight is 304 g/mol. The third kappa shape index (κ3) is 3.40. The summed E-state index contributed by atoms with van der Waals surface area (Å²) in [6.07, 6.45) is 3.45.